The lowest BCUT2D eigenvalue weighted by atomic mass is 9.93. The van der Waals surface area contributed by atoms with Crippen LogP contribution in [0.3, 0.4) is 0 Å². The molecule has 0 spiro atoms. The second-order valence-corrected chi connectivity index (χ2v) is 5.14. The first-order chi connectivity index (χ1) is 9.15. The van der Waals surface area contributed by atoms with Crippen molar-refractivity contribution in [3.8, 4) is 0 Å². The molecule has 1 aliphatic heterocycles. The molecule has 2 N–H and O–H groups in total. The largest absolute Gasteiger partial charge is 0.383 e. The first-order valence-electron chi connectivity index (χ1n) is 6.75. The molecule has 0 bridgehead atoms. The molecule has 0 radical (unpaired) electrons. The van der Waals surface area contributed by atoms with E-state index < -0.39 is 6.04 Å². The summed E-state index contributed by atoms with van der Waals surface area (Å²) < 4.78 is 4.96. The van der Waals surface area contributed by atoms with Crippen LogP contribution in [-0.2, 0) is 9.53 Å². The van der Waals surface area contributed by atoms with Gasteiger partial charge < -0.3 is 15.4 Å². The van der Waals surface area contributed by atoms with Crippen molar-refractivity contribution in [2.45, 2.75) is 31.3 Å². The van der Waals surface area contributed by atoms with Crippen molar-refractivity contribution in [2.24, 2.45) is 5.73 Å². The van der Waals surface area contributed by atoms with Crippen LogP contribution >= 0.6 is 12.4 Å². The van der Waals surface area contributed by atoms with E-state index in [1.54, 1.807) is 7.11 Å². The molecule has 1 amide bonds. The Hall–Kier alpha value is -1.10. The van der Waals surface area contributed by atoms with Crippen molar-refractivity contribution in [1.82, 2.24) is 4.90 Å². The van der Waals surface area contributed by atoms with Crippen LogP contribution in [0.2, 0.25) is 0 Å². The van der Waals surface area contributed by atoms with Gasteiger partial charge >= 0.3 is 0 Å². The first kappa shape index (κ1) is 17.0. The minimum atomic E-state index is -0.554. The minimum Gasteiger partial charge on any atom is -0.383 e. The molecule has 1 aliphatic rings. The fraction of sp³-hybridized carbons (Fsp3) is 0.533. The molecule has 5 heteroatoms. The number of benzene rings is 1. The summed E-state index contributed by atoms with van der Waals surface area (Å²) in [5, 5.41) is 0. The van der Waals surface area contributed by atoms with Gasteiger partial charge in [0.2, 0.25) is 5.91 Å². The Balaban J connectivity index is 0.00000200. The average molecular weight is 299 g/mol. The number of likely N-dealkylation sites (tertiary alicyclic amines) is 1. The molecule has 3 unspecified atom stereocenters. The van der Waals surface area contributed by atoms with Gasteiger partial charge in [-0.1, -0.05) is 30.3 Å². The van der Waals surface area contributed by atoms with Crippen LogP contribution < -0.4 is 5.73 Å². The van der Waals surface area contributed by atoms with E-state index in [9.17, 15) is 4.79 Å². The number of carbonyl (C=O) groups excluding carboxylic acids is 1. The van der Waals surface area contributed by atoms with Crippen molar-refractivity contribution in [2.75, 3.05) is 20.3 Å². The van der Waals surface area contributed by atoms with Crippen molar-refractivity contribution in [3.63, 3.8) is 0 Å². The normalized spacial score (nSPS) is 23.2. The predicted molar refractivity (Wildman–Crippen MR) is 82.1 cm³/mol. The molecule has 4 nitrogen and oxygen atoms in total. The Morgan fingerprint density at radius 2 is 2.10 bits per heavy atom. The number of rotatable bonds is 4. The summed E-state index contributed by atoms with van der Waals surface area (Å²) >= 11 is 0. The summed E-state index contributed by atoms with van der Waals surface area (Å²) in [7, 11) is 1.56. The lowest BCUT2D eigenvalue weighted by Gasteiger charge is -2.27. The van der Waals surface area contributed by atoms with Gasteiger partial charge in [0.25, 0.3) is 0 Å². The molecule has 0 aromatic heterocycles. The fourth-order valence-electron chi connectivity index (χ4n) is 2.86. The van der Waals surface area contributed by atoms with Gasteiger partial charge in [-0.05, 0) is 18.9 Å². The topological polar surface area (TPSA) is 55.6 Å². The maximum Gasteiger partial charge on any atom is 0.242 e. The molecule has 3 atom stereocenters. The van der Waals surface area contributed by atoms with Crippen LogP contribution in [-0.4, -0.2) is 43.2 Å². The molecule has 112 valence electrons. The van der Waals surface area contributed by atoms with Crippen molar-refractivity contribution >= 4 is 18.3 Å². The number of nitrogens with zero attached hydrogens (tertiary/aromatic N) is 1. The molecule has 1 fully saturated rings. The van der Waals surface area contributed by atoms with Gasteiger partial charge in [0, 0.05) is 25.6 Å². The van der Waals surface area contributed by atoms with Crippen LogP contribution in [0.15, 0.2) is 30.3 Å². The number of nitrogens with two attached hydrogens (primary N) is 1. The molecular formula is C15H23ClN2O2. The Bertz CT molecular complexity index is 427. The Labute approximate surface area is 126 Å². The van der Waals surface area contributed by atoms with E-state index in [4.69, 9.17) is 10.5 Å². The highest BCUT2D eigenvalue weighted by molar-refractivity contribution is 5.85. The maximum absolute atomic E-state index is 12.2. The summed E-state index contributed by atoms with van der Waals surface area (Å²) in [6.45, 7) is 3.15. The van der Waals surface area contributed by atoms with E-state index in [1.807, 2.05) is 23.1 Å². The SMILES string of the molecule is COCC(N)C(=O)N1CCC(c2ccccc2)C1C.Cl. The van der Waals surface area contributed by atoms with Gasteiger partial charge in [0.1, 0.15) is 6.04 Å². The molecule has 1 aromatic rings. The Morgan fingerprint density at radius 3 is 2.70 bits per heavy atom. The highest BCUT2D eigenvalue weighted by Crippen LogP contribution is 2.33. The van der Waals surface area contributed by atoms with Gasteiger partial charge in [-0.15, -0.1) is 12.4 Å². The minimum absolute atomic E-state index is 0. The quantitative estimate of drug-likeness (QED) is 0.922. The summed E-state index contributed by atoms with van der Waals surface area (Å²) in [6, 6.07) is 10.0. The van der Waals surface area contributed by atoms with Crippen molar-refractivity contribution in [3.05, 3.63) is 35.9 Å². The monoisotopic (exact) mass is 298 g/mol. The van der Waals surface area contributed by atoms with Gasteiger partial charge in [0.15, 0.2) is 0 Å². The highest BCUT2D eigenvalue weighted by Gasteiger charge is 2.36. The number of ether oxygens (including phenoxy) is 1. The zero-order valence-corrected chi connectivity index (χ0v) is 12.8. The van der Waals surface area contributed by atoms with E-state index in [2.05, 4.69) is 19.1 Å². The summed E-state index contributed by atoms with van der Waals surface area (Å²) in [4.78, 5) is 14.1. The molecule has 20 heavy (non-hydrogen) atoms. The average Bonchev–Trinajstić information content (AvgIpc) is 2.81. The highest BCUT2D eigenvalue weighted by atomic mass is 35.5. The van der Waals surface area contributed by atoms with Gasteiger partial charge in [0.05, 0.1) is 6.61 Å². The number of carbonyl (C=O) groups is 1. The van der Waals surface area contributed by atoms with Gasteiger partial charge in [-0.3, -0.25) is 4.79 Å². The molecule has 1 aromatic carbocycles. The van der Waals surface area contributed by atoms with Crippen LogP contribution in [0.4, 0.5) is 0 Å². The van der Waals surface area contributed by atoms with Crippen LogP contribution in [0, 0.1) is 0 Å². The second-order valence-electron chi connectivity index (χ2n) is 5.14. The molecule has 2 rings (SSSR count). The number of amides is 1. The Kier molecular flexibility index (Phi) is 6.46. The number of hydrogen-bond donors (Lipinski definition) is 1. The van der Waals surface area contributed by atoms with E-state index in [1.165, 1.54) is 5.56 Å². The van der Waals surface area contributed by atoms with Crippen molar-refractivity contribution < 1.29 is 9.53 Å². The lowest BCUT2D eigenvalue weighted by molar-refractivity contribution is -0.134. The van der Waals surface area contributed by atoms with E-state index in [0.717, 1.165) is 13.0 Å². The van der Waals surface area contributed by atoms with Crippen LogP contribution in [0.25, 0.3) is 0 Å². The maximum atomic E-state index is 12.2. The smallest absolute Gasteiger partial charge is 0.242 e. The number of halogens is 1. The van der Waals surface area contributed by atoms with E-state index >= 15 is 0 Å². The summed E-state index contributed by atoms with van der Waals surface area (Å²) in [5.41, 5.74) is 7.13. The molecular weight excluding hydrogens is 276 g/mol. The van der Waals surface area contributed by atoms with E-state index in [-0.39, 0.29) is 31.0 Å². The number of hydrogen-bond acceptors (Lipinski definition) is 3. The Morgan fingerprint density at radius 1 is 1.45 bits per heavy atom. The molecule has 0 saturated carbocycles. The lowest BCUT2D eigenvalue weighted by Crippen LogP contribution is -2.47. The summed E-state index contributed by atoms with van der Waals surface area (Å²) in [5.74, 6) is 0.396. The predicted octanol–water partition coefficient (Wildman–Crippen LogP) is 1.79. The fourth-order valence-corrected chi connectivity index (χ4v) is 2.86. The van der Waals surface area contributed by atoms with Crippen LogP contribution in [0.5, 0.6) is 0 Å². The van der Waals surface area contributed by atoms with Gasteiger partial charge in [-0.25, -0.2) is 0 Å². The second kappa shape index (κ2) is 7.62. The van der Waals surface area contributed by atoms with Crippen molar-refractivity contribution in [1.29, 1.82) is 0 Å². The van der Waals surface area contributed by atoms with Crippen LogP contribution in [0.1, 0.15) is 24.8 Å². The third-order valence-corrected chi connectivity index (χ3v) is 3.93. The third-order valence-electron chi connectivity index (χ3n) is 3.93. The molecule has 1 saturated heterocycles. The number of methoxy groups -OCH3 is 1. The first-order valence-corrected chi connectivity index (χ1v) is 6.75. The third kappa shape index (κ3) is 3.51. The standard InChI is InChI=1S/C15H22N2O2.ClH/c1-11-13(12-6-4-3-5-7-12)8-9-17(11)15(18)14(16)10-19-2;/h3-7,11,13-14H,8-10,16H2,1-2H3;1H. The van der Waals surface area contributed by atoms with E-state index in [0.29, 0.717) is 5.92 Å². The molecule has 1 heterocycles. The summed E-state index contributed by atoms with van der Waals surface area (Å²) in [6.07, 6.45) is 0.997. The zero-order chi connectivity index (χ0) is 13.8. The zero-order valence-electron chi connectivity index (χ0n) is 12.0. The molecule has 0 aliphatic carbocycles. The van der Waals surface area contributed by atoms with Gasteiger partial charge in [-0.2, -0.15) is 0 Å².